The Bertz CT molecular complexity index is 250. The molecule has 0 bridgehead atoms. The maximum atomic E-state index is 3.87. The van der Waals surface area contributed by atoms with Gasteiger partial charge in [-0.15, -0.1) is 0 Å². The predicted octanol–water partition coefficient (Wildman–Crippen LogP) is 3.91. The minimum Gasteiger partial charge on any atom is -0.312 e. The average Bonchev–Trinajstić information content (AvgIpc) is 2.43. The quantitative estimate of drug-likeness (QED) is 0.793. The van der Waals surface area contributed by atoms with Gasteiger partial charge in [0.1, 0.15) is 0 Å². The normalized spacial score (nSPS) is 31.4. The van der Waals surface area contributed by atoms with E-state index in [1.54, 1.807) is 0 Å². The minimum absolute atomic E-state index is 0.743. The zero-order valence-corrected chi connectivity index (χ0v) is 14.0. The van der Waals surface area contributed by atoms with Gasteiger partial charge in [0.05, 0.1) is 0 Å². The average molecular weight is 280 g/mol. The first-order chi connectivity index (χ1) is 9.69. The van der Waals surface area contributed by atoms with E-state index in [0.29, 0.717) is 0 Å². The summed E-state index contributed by atoms with van der Waals surface area (Å²) in [6.45, 7) is 12.3. The fourth-order valence-corrected chi connectivity index (χ4v) is 4.47. The summed E-state index contributed by atoms with van der Waals surface area (Å²) in [6, 6.07) is 0.743. The van der Waals surface area contributed by atoms with Crippen molar-refractivity contribution < 1.29 is 0 Å². The summed E-state index contributed by atoms with van der Waals surface area (Å²) in [7, 11) is 0. The van der Waals surface area contributed by atoms with Crippen LogP contribution in [0.5, 0.6) is 0 Å². The van der Waals surface area contributed by atoms with E-state index in [9.17, 15) is 0 Å². The third kappa shape index (κ3) is 5.04. The van der Waals surface area contributed by atoms with Crippen LogP contribution >= 0.6 is 0 Å². The van der Waals surface area contributed by atoms with Crippen molar-refractivity contribution in [3.05, 3.63) is 0 Å². The lowest BCUT2D eigenvalue weighted by Crippen LogP contribution is -2.50. The zero-order chi connectivity index (χ0) is 14.4. The number of nitrogens with one attached hydrogen (secondary N) is 1. The third-order valence-corrected chi connectivity index (χ3v) is 5.27. The molecule has 1 aliphatic carbocycles. The van der Waals surface area contributed by atoms with Crippen molar-refractivity contribution in [2.75, 3.05) is 26.2 Å². The maximum Gasteiger partial charge on any atom is 0.0223 e. The SMILES string of the molecule is CCCNC(CN1CC(C)CC(C)C1)C1CCCCC1. The van der Waals surface area contributed by atoms with Crippen LogP contribution in [0.3, 0.4) is 0 Å². The lowest BCUT2D eigenvalue weighted by atomic mass is 9.83. The first-order valence-electron chi connectivity index (χ1n) is 9.14. The Morgan fingerprint density at radius 1 is 1.05 bits per heavy atom. The van der Waals surface area contributed by atoms with Crippen LogP contribution in [0.15, 0.2) is 0 Å². The van der Waals surface area contributed by atoms with Crippen molar-refractivity contribution >= 4 is 0 Å². The molecule has 1 N–H and O–H groups in total. The van der Waals surface area contributed by atoms with Gasteiger partial charge in [-0.1, -0.05) is 40.0 Å². The second kappa shape index (κ2) is 8.38. The molecule has 1 aliphatic heterocycles. The van der Waals surface area contributed by atoms with Crippen LogP contribution in [0.1, 0.15) is 65.7 Å². The maximum absolute atomic E-state index is 3.87. The van der Waals surface area contributed by atoms with E-state index in [2.05, 4.69) is 31.0 Å². The molecule has 20 heavy (non-hydrogen) atoms. The fourth-order valence-electron chi connectivity index (χ4n) is 4.47. The molecule has 0 aromatic heterocycles. The lowest BCUT2D eigenvalue weighted by molar-refractivity contribution is 0.109. The van der Waals surface area contributed by atoms with E-state index < -0.39 is 0 Å². The first-order valence-corrected chi connectivity index (χ1v) is 9.14. The van der Waals surface area contributed by atoms with E-state index in [1.165, 1.54) is 71.1 Å². The van der Waals surface area contributed by atoms with Gasteiger partial charge in [-0.25, -0.2) is 0 Å². The molecule has 3 unspecified atom stereocenters. The van der Waals surface area contributed by atoms with Gasteiger partial charge in [-0.2, -0.15) is 0 Å². The molecule has 118 valence electrons. The molecule has 2 fully saturated rings. The Morgan fingerprint density at radius 2 is 1.70 bits per heavy atom. The Balaban J connectivity index is 1.88. The van der Waals surface area contributed by atoms with E-state index in [0.717, 1.165) is 23.8 Å². The van der Waals surface area contributed by atoms with Crippen LogP contribution in [0.4, 0.5) is 0 Å². The molecular formula is C18H36N2. The number of hydrogen-bond donors (Lipinski definition) is 1. The Kier molecular flexibility index (Phi) is 6.83. The van der Waals surface area contributed by atoms with Crippen LogP contribution in [0.25, 0.3) is 0 Å². The molecule has 1 saturated carbocycles. The molecule has 0 amide bonds. The van der Waals surface area contributed by atoms with Crippen molar-refractivity contribution in [3.63, 3.8) is 0 Å². The standard InChI is InChI=1S/C18H36N2/c1-4-10-19-18(17-8-6-5-7-9-17)14-20-12-15(2)11-16(3)13-20/h15-19H,4-14H2,1-3H3. The Morgan fingerprint density at radius 3 is 2.30 bits per heavy atom. The highest BCUT2D eigenvalue weighted by molar-refractivity contribution is 4.85. The molecule has 0 spiro atoms. The fraction of sp³-hybridized carbons (Fsp3) is 1.00. The second-order valence-electron chi connectivity index (χ2n) is 7.62. The lowest BCUT2D eigenvalue weighted by Gasteiger charge is -2.40. The van der Waals surface area contributed by atoms with Crippen LogP contribution < -0.4 is 5.32 Å². The second-order valence-corrected chi connectivity index (χ2v) is 7.62. The van der Waals surface area contributed by atoms with Gasteiger partial charge in [-0.05, 0) is 50.0 Å². The molecule has 2 aliphatic rings. The molecule has 2 rings (SSSR count). The Hall–Kier alpha value is -0.0800. The highest BCUT2D eigenvalue weighted by Gasteiger charge is 2.28. The van der Waals surface area contributed by atoms with Gasteiger partial charge in [0.2, 0.25) is 0 Å². The molecule has 0 aromatic carbocycles. The predicted molar refractivity (Wildman–Crippen MR) is 88.0 cm³/mol. The molecule has 2 nitrogen and oxygen atoms in total. The molecule has 0 radical (unpaired) electrons. The molecule has 1 saturated heterocycles. The first kappa shape index (κ1) is 16.3. The van der Waals surface area contributed by atoms with E-state index >= 15 is 0 Å². The third-order valence-electron chi connectivity index (χ3n) is 5.27. The van der Waals surface area contributed by atoms with Crippen molar-refractivity contribution in [3.8, 4) is 0 Å². The van der Waals surface area contributed by atoms with Crippen LogP contribution in [-0.4, -0.2) is 37.1 Å². The molecular weight excluding hydrogens is 244 g/mol. The summed E-state index contributed by atoms with van der Waals surface area (Å²) >= 11 is 0. The highest BCUT2D eigenvalue weighted by atomic mass is 15.2. The van der Waals surface area contributed by atoms with Crippen molar-refractivity contribution in [2.24, 2.45) is 17.8 Å². The van der Waals surface area contributed by atoms with E-state index in [-0.39, 0.29) is 0 Å². The van der Waals surface area contributed by atoms with Crippen LogP contribution in [0.2, 0.25) is 0 Å². The summed E-state index contributed by atoms with van der Waals surface area (Å²) in [5.74, 6) is 2.71. The smallest absolute Gasteiger partial charge is 0.0223 e. The number of hydrogen-bond acceptors (Lipinski definition) is 2. The summed E-state index contributed by atoms with van der Waals surface area (Å²) in [4.78, 5) is 2.75. The van der Waals surface area contributed by atoms with Gasteiger partial charge in [0, 0.05) is 25.7 Å². The zero-order valence-electron chi connectivity index (χ0n) is 14.0. The summed E-state index contributed by atoms with van der Waals surface area (Å²) in [5, 5.41) is 3.87. The molecule has 2 heteroatoms. The molecule has 0 aromatic rings. The monoisotopic (exact) mass is 280 g/mol. The number of likely N-dealkylation sites (tertiary alicyclic amines) is 1. The van der Waals surface area contributed by atoms with Gasteiger partial charge in [0.25, 0.3) is 0 Å². The summed E-state index contributed by atoms with van der Waals surface area (Å²) < 4.78 is 0. The minimum atomic E-state index is 0.743. The van der Waals surface area contributed by atoms with Crippen LogP contribution in [0, 0.1) is 17.8 Å². The van der Waals surface area contributed by atoms with Crippen molar-refractivity contribution in [1.29, 1.82) is 0 Å². The van der Waals surface area contributed by atoms with E-state index in [4.69, 9.17) is 0 Å². The van der Waals surface area contributed by atoms with Gasteiger partial charge in [-0.3, -0.25) is 0 Å². The van der Waals surface area contributed by atoms with E-state index in [1.807, 2.05) is 0 Å². The summed E-state index contributed by atoms with van der Waals surface area (Å²) in [6.07, 6.45) is 9.99. The number of piperidine rings is 1. The summed E-state index contributed by atoms with van der Waals surface area (Å²) in [5.41, 5.74) is 0. The Labute approximate surface area is 126 Å². The van der Waals surface area contributed by atoms with Crippen LogP contribution in [-0.2, 0) is 0 Å². The van der Waals surface area contributed by atoms with Gasteiger partial charge < -0.3 is 10.2 Å². The van der Waals surface area contributed by atoms with Gasteiger partial charge >= 0.3 is 0 Å². The highest BCUT2D eigenvalue weighted by Crippen LogP contribution is 2.28. The number of rotatable bonds is 6. The van der Waals surface area contributed by atoms with Gasteiger partial charge in [0.15, 0.2) is 0 Å². The van der Waals surface area contributed by atoms with Crippen molar-refractivity contribution in [1.82, 2.24) is 10.2 Å². The molecule has 3 atom stereocenters. The van der Waals surface area contributed by atoms with Crippen molar-refractivity contribution in [2.45, 2.75) is 71.8 Å². The topological polar surface area (TPSA) is 15.3 Å². The largest absolute Gasteiger partial charge is 0.312 e. The number of nitrogens with zero attached hydrogens (tertiary/aromatic N) is 1. The molecule has 1 heterocycles.